The Morgan fingerprint density at radius 2 is 2.00 bits per heavy atom. The zero-order valence-electron chi connectivity index (χ0n) is 6.65. The summed E-state index contributed by atoms with van der Waals surface area (Å²) < 4.78 is 0. The second-order valence-corrected chi connectivity index (χ2v) is 2.94. The number of hydrogen-bond acceptors (Lipinski definition) is 0. The molecule has 0 nitrogen and oxygen atoms in total. The summed E-state index contributed by atoms with van der Waals surface area (Å²) >= 11 is 0. The SMILES string of the molecule is C#C[CH]CCC(C)(C)C#C. The third-order valence-electron chi connectivity index (χ3n) is 1.42. The van der Waals surface area contributed by atoms with Crippen molar-refractivity contribution in [3.05, 3.63) is 6.42 Å². The van der Waals surface area contributed by atoms with Gasteiger partial charge in [0, 0.05) is 11.8 Å². The van der Waals surface area contributed by atoms with E-state index in [1.54, 1.807) is 6.42 Å². The van der Waals surface area contributed by atoms with Gasteiger partial charge in [0.1, 0.15) is 0 Å². The molecule has 1 radical (unpaired) electrons. The smallest absolute Gasteiger partial charge is 0.0338 e. The molecule has 0 rings (SSSR count). The van der Waals surface area contributed by atoms with Gasteiger partial charge in [-0.1, -0.05) is 0 Å². The fourth-order valence-corrected chi connectivity index (χ4v) is 0.589. The van der Waals surface area contributed by atoms with Crippen molar-refractivity contribution < 1.29 is 0 Å². The molecule has 0 bridgehead atoms. The summed E-state index contributed by atoms with van der Waals surface area (Å²) in [6, 6.07) is 0. The topological polar surface area (TPSA) is 0 Å². The maximum atomic E-state index is 5.27. The maximum Gasteiger partial charge on any atom is 0.0338 e. The Bertz CT molecular complexity index is 161. The summed E-state index contributed by atoms with van der Waals surface area (Å²) in [4.78, 5) is 0. The first kappa shape index (κ1) is 9.12. The number of unbranched alkanes of at least 4 members (excludes halogenated alkanes) is 1. The molecule has 0 N–H and O–H groups in total. The Labute approximate surface area is 64.0 Å². The Kier molecular flexibility index (Phi) is 3.67. The van der Waals surface area contributed by atoms with E-state index in [9.17, 15) is 0 Å². The van der Waals surface area contributed by atoms with Crippen LogP contribution in [-0.2, 0) is 0 Å². The normalized spacial score (nSPS) is 10.0. The van der Waals surface area contributed by atoms with Crippen LogP contribution in [0.25, 0.3) is 0 Å². The van der Waals surface area contributed by atoms with Crippen LogP contribution in [0, 0.1) is 36.5 Å². The molecule has 10 heavy (non-hydrogen) atoms. The van der Waals surface area contributed by atoms with Crippen LogP contribution in [0.15, 0.2) is 0 Å². The Morgan fingerprint density at radius 3 is 2.40 bits per heavy atom. The minimum atomic E-state index is -0.00660. The van der Waals surface area contributed by atoms with Gasteiger partial charge in [-0.05, 0) is 26.7 Å². The van der Waals surface area contributed by atoms with E-state index in [0.29, 0.717) is 0 Å². The van der Waals surface area contributed by atoms with Crippen LogP contribution in [-0.4, -0.2) is 0 Å². The van der Waals surface area contributed by atoms with E-state index in [2.05, 4.69) is 11.8 Å². The maximum absolute atomic E-state index is 5.27. The van der Waals surface area contributed by atoms with Gasteiger partial charge >= 0.3 is 0 Å². The minimum Gasteiger partial charge on any atom is -0.120 e. The largest absolute Gasteiger partial charge is 0.120 e. The van der Waals surface area contributed by atoms with Crippen molar-refractivity contribution in [3.8, 4) is 24.7 Å². The third-order valence-corrected chi connectivity index (χ3v) is 1.42. The first-order valence-corrected chi connectivity index (χ1v) is 3.38. The van der Waals surface area contributed by atoms with E-state index in [0.717, 1.165) is 12.8 Å². The van der Waals surface area contributed by atoms with Gasteiger partial charge in [-0.15, -0.1) is 24.7 Å². The fraction of sp³-hybridized carbons (Fsp3) is 0.500. The predicted molar refractivity (Wildman–Crippen MR) is 45.0 cm³/mol. The van der Waals surface area contributed by atoms with Gasteiger partial charge in [-0.2, -0.15) is 0 Å². The van der Waals surface area contributed by atoms with Crippen LogP contribution in [0.1, 0.15) is 26.7 Å². The van der Waals surface area contributed by atoms with Crippen LogP contribution in [0.5, 0.6) is 0 Å². The van der Waals surface area contributed by atoms with E-state index in [1.165, 1.54) is 0 Å². The molecule has 0 aromatic heterocycles. The van der Waals surface area contributed by atoms with Crippen LogP contribution in [0.4, 0.5) is 0 Å². The Hall–Kier alpha value is -0.880. The average molecular weight is 133 g/mol. The lowest BCUT2D eigenvalue weighted by Gasteiger charge is -2.15. The molecule has 0 saturated carbocycles. The zero-order valence-corrected chi connectivity index (χ0v) is 6.65. The molecule has 0 heterocycles. The number of terminal acetylenes is 2. The molecular formula is C10H13. The van der Waals surface area contributed by atoms with E-state index in [1.807, 2.05) is 13.8 Å². The van der Waals surface area contributed by atoms with E-state index >= 15 is 0 Å². The lowest BCUT2D eigenvalue weighted by atomic mass is 9.88. The van der Waals surface area contributed by atoms with Crippen molar-refractivity contribution in [2.24, 2.45) is 5.41 Å². The first-order chi connectivity index (χ1) is 4.62. The second kappa shape index (κ2) is 4.02. The monoisotopic (exact) mass is 133 g/mol. The van der Waals surface area contributed by atoms with E-state index in [-0.39, 0.29) is 5.41 Å². The molecule has 0 unspecified atom stereocenters. The molecular weight excluding hydrogens is 120 g/mol. The fourth-order valence-electron chi connectivity index (χ4n) is 0.589. The molecule has 0 spiro atoms. The lowest BCUT2D eigenvalue weighted by molar-refractivity contribution is 0.460. The second-order valence-electron chi connectivity index (χ2n) is 2.94. The van der Waals surface area contributed by atoms with Gasteiger partial charge in [0.15, 0.2) is 0 Å². The van der Waals surface area contributed by atoms with Crippen molar-refractivity contribution in [1.82, 2.24) is 0 Å². The quantitative estimate of drug-likeness (QED) is 0.409. The predicted octanol–water partition coefficient (Wildman–Crippen LogP) is 2.26. The van der Waals surface area contributed by atoms with Crippen LogP contribution < -0.4 is 0 Å². The number of rotatable bonds is 3. The molecule has 0 fully saturated rings. The zero-order chi connectivity index (χ0) is 8.04. The van der Waals surface area contributed by atoms with Crippen molar-refractivity contribution >= 4 is 0 Å². The van der Waals surface area contributed by atoms with Crippen LogP contribution in [0.2, 0.25) is 0 Å². The summed E-state index contributed by atoms with van der Waals surface area (Å²) in [6.07, 6.45) is 14.0. The van der Waals surface area contributed by atoms with Crippen molar-refractivity contribution in [3.63, 3.8) is 0 Å². The first-order valence-electron chi connectivity index (χ1n) is 3.38. The molecule has 0 amide bonds. The standard InChI is InChI=1S/C10H13/c1-5-7-8-9-10(3,4)6-2/h1-2,7H,8-9H2,3-4H3. The molecule has 0 aromatic carbocycles. The van der Waals surface area contributed by atoms with Gasteiger partial charge in [-0.25, -0.2) is 0 Å². The molecule has 0 aliphatic carbocycles. The summed E-state index contributed by atoms with van der Waals surface area (Å²) in [5, 5.41) is 0. The third kappa shape index (κ3) is 4.04. The summed E-state index contributed by atoms with van der Waals surface area (Å²) in [5.41, 5.74) is -0.00660. The number of hydrogen-bond donors (Lipinski definition) is 0. The summed E-state index contributed by atoms with van der Waals surface area (Å²) in [5.74, 6) is 5.18. The van der Waals surface area contributed by atoms with Gasteiger partial charge in [-0.3, -0.25) is 0 Å². The Balaban J connectivity index is 3.52. The highest BCUT2D eigenvalue weighted by molar-refractivity contribution is 5.05. The minimum absolute atomic E-state index is 0.00660. The average Bonchev–Trinajstić information content (AvgIpc) is 1.89. The highest BCUT2D eigenvalue weighted by Crippen LogP contribution is 2.20. The molecule has 0 atom stereocenters. The summed E-state index contributed by atoms with van der Waals surface area (Å²) in [7, 11) is 0. The van der Waals surface area contributed by atoms with Crippen molar-refractivity contribution in [2.45, 2.75) is 26.7 Å². The molecule has 0 aliphatic heterocycles. The highest BCUT2D eigenvalue weighted by atomic mass is 14.1. The van der Waals surface area contributed by atoms with Gasteiger partial charge in [0.2, 0.25) is 0 Å². The molecule has 0 aromatic rings. The van der Waals surface area contributed by atoms with Crippen molar-refractivity contribution in [1.29, 1.82) is 0 Å². The van der Waals surface area contributed by atoms with Gasteiger partial charge in [0.05, 0.1) is 0 Å². The molecule has 53 valence electrons. The van der Waals surface area contributed by atoms with E-state index in [4.69, 9.17) is 12.8 Å². The van der Waals surface area contributed by atoms with Gasteiger partial charge in [0.25, 0.3) is 0 Å². The van der Waals surface area contributed by atoms with Gasteiger partial charge < -0.3 is 0 Å². The van der Waals surface area contributed by atoms with Crippen LogP contribution in [0.3, 0.4) is 0 Å². The highest BCUT2D eigenvalue weighted by Gasteiger charge is 2.11. The lowest BCUT2D eigenvalue weighted by Crippen LogP contribution is -2.06. The Morgan fingerprint density at radius 1 is 1.40 bits per heavy atom. The summed E-state index contributed by atoms with van der Waals surface area (Å²) in [6.45, 7) is 4.08. The van der Waals surface area contributed by atoms with E-state index < -0.39 is 0 Å². The molecule has 0 heteroatoms. The molecule has 0 aliphatic rings. The van der Waals surface area contributed by atoms with Crippen molar-refractivity contribution in [2.75, 3.05) is 0 Å². The molecule has 0 saturated heterocycles. The van der Waals surface area contributed by atoms with Crippen LogP contribution >= 0.6 is 0 Å².